The Morgan fingerprint density at radius 2 is 1.97 bits per heavy atom. The first-order valence-electron chi connectivity index (χ1n) is 11.2. The van der Waals surface area contributed by atoms with Gasteiger partial charge in [0.2, 0.25) is 5.91 Å². The summed E-state index contributed by atoms with van der Waals surface area (Å²) in [7, 11) is 0. The van der Waals surface area contributed by atoms with Gasteiger partial charge in [-0.2, -0.15) is 0 Å². The molecule has 1 aromatic carbocycles. The number of amides is 2. The summed E-state index contributed by atoms with van der Waals surface area (Å²) in [6, 6.07) is 13.4. The summed E-state index contributed by atoms with van der Waals surface area (Å²) >= 11 is 0. The van der Waals surface area contributed by atoms with E-state index in [2.05, 4.69) is 15.6 Å². The van der Waals surface area contributed by atoms with Crippen molar-refractivity contribution in [2.45, 2.75) is 38.1 Å². The molecule has 1 saturated heterocycles. The van der Waals surface area contributed by atoms with Gasteiger partial charge in [-0.3, -0.25) is 9.59 Å². The maximum atomic E-state index is 13.7. The summed E-state index contributed by atoms with van der Waals surface area (Å²) in [6.07, 6.45) is 4.60. The second-order valence-corrected chi connectivity index (χ2v) is 8.13. The fourth-order valence-electron chi connectivity index (χ4n) is 4.17. The van der Waals surface area contributed by atoms with E-state index >= 15 is 0 Å². The van der Waals surface area contributed by atoms with Crippen molar-refractivity contribution in [2.24, 2.45) is 0 Å². The number of nitrogens with zero attached hydrogens (tertiary/aromatic N) is 4. The molecule has 2 atom stereocenters. The molecular weight excluding hydrogens is 438 g/mol. The zero-order valence-electron chi connectivity index (χ0n) is 18.5. The van der Waals surface area contributed by atoms with E-state index in [1.807, 2.05) is 24.3 Å². The minimum absolute atomic E-state index is 0.0735. The van der Waals surface area contributed by atoms with Crippen LogP contribution in [0, 0.1) is 0 Å². The molecule has 176 valence electrons. The lowest BCUT2D eigenvalue weighted by molar-refractivity contribution is -0.144. The molecule has 0 bridgehead atoms. The van der Waals surface area contributed by atoms with Gasteiger partial charge in [0.25, 0.3) is 5.91 Å². The maximum absolute atomic E-state index is 13.7. The number of nitrogens with one attached hydrogen (secondary N) is 1. The van der Waals surface area contributed by atoms with E-state index < -0.39 is 6.04 Å². The Balaban J connectivity index is 1.43. The van der Waals surface area contributed by atoms with Crippen molar-refractivity contribution in [3.63, 3.8) is 0 Å². The molecule has 3 aromatic heterocycles. The number of carbonyl (C=O) groups excluding carboxylic acids is 2. The van der Waals surface area contributed by atoms with Crippen molar-refractivity contribution in [3.05, 3.63) is 72.6 Å². The summed E-state index contributed by atoms with van der Waals surface area (Å²) in [4.78, 5) is 28.6. The van der Waals surface area contributed by atoms with Crippen LogP contribution in [0.3, 0.4) is 0 Å². The number of furan rings is 2. The standard InChI is InChI=1S/C24H25N5O5/c30-22(16-29-20-9-2-1-8-19(20)26-27-29)28(15-18-7-4-12-33-18)23(21-10-5-13-34-21)24(31)25-14-17-6-3-11-32-17/h1-3,5-6,8-11,13,18,23H,4,7,12,14-16H2,(H,25,31). The van der Waals surface area contributed by atoms with Crippen LogP contribution in [0.15, 0.2) is 69.9 Å². The molecule has 0 spiro atoms. The summed E-state index contributed by atoms with van der Waals surface area (Å²) < 4.78 is 18.3. The van der Waals surface area contributed by atoms with Gasteiger partial charge in [0.15, 0.2) is 6.04 Å². The van der Waals surface area contributed by atoms with E-state index in [4.69, 9.17) is 13.6 Å². The molecule has 10 nitrogen and oxygen atoms in total. The number of aromatic nitrogens is 3. The molecule has 34 heavy (non-hydrogen) atoms. The molecule has 2 amide bonds. The highest BCUT2D eigenvalue weighted by molar-refractivity contribution is 5.88. The van der Waals surface area contributed by atoms with Crippen molar-refractivity contribution in [2.75, 3.05) is 13.2 Å². The average molecular weight is 463 g/mol. The minimum atomic E-state index is -0.976. The van der Waals surface area contributed by atoms with Gasteiger partial charge in [-0.05, 0) is 49.2 Å². The third-order valence-electron chi connectivity index (χ3n) is 5.84. The topological polar surface area (TPSA) is 116 Å². The molecule has 1 aliphatic heterocycles. The fourth-order valence-corrected chi connectivity index (χ4v) is 4.17. The smallest absolute Gasteiger partial charge is 0.251 e. The molecule has 0 saturated carbocycles. The predicted molar refractivity (Wildman–Crippen MR) is 120 cm³/mol. The van der Waals surface area contributed by atoms with Crippen LogP contribution in [0.1, 0.15) is 30.4 Å². The lowest BCUT2D eigenvalue weighted by Crippen LogP contribution is -2.47. The second-order valence-electron chi connectivity index (χ2n) is 8.13. The largest absolute Gasteiger partial charge is 0.467 e. The normalized spacial score (nSPS) is 16.5. The lowest BCUT2D eigenvalue weighted by Gasteiger charge is -2.31. The van der Waals surface area contributed by atoms with Crippen molar-refractivity contribution < 1.29 is 23.2 Å². The summed E-state index contributed by atoms with van der Waals surface area (Å²) in [5.74, 6) is 0.311. The van der Waals surface area contributed by atoms with Crippen molar-refractivity contribution >= 4 is 22.8 Å². The van der Waals surface area contributed by atoms with Crippen molar-refractivity contribution in [1.29, 1.82) is 0 Å². The molecule has 1 aliphatic rings. The first-order valence-corrected chi connectivity index (χ1v) is 11.2. The Morgan fingerprint density at radius 1 is 1.12 bits per heavy atom. The van der Waals surface area contributed by atoms with Gasteiger partial charge in [-0.15, -0.1) is 5.10 Å². The predicted octanol–water partition coefficient (Wildman–Crippen LogP) is 2.68. The molecule has 4 heterocycles. The number of rotatable bonds is 9. The highest BCUT2D eigenvalue weighted by atomic mass is 16.5. The van der Waals surface area contributed by atoms with E-state index in [9.17, 15) is 9.59 Å². The van der Waals surface area contributed by atoms with Gasteiger partial charge < -0.3 is 23.8 Å². The number of fused-ring (bicyclic) bond motifs is 1. The Morgan fingerprint density at radius 3 is 2.74 bits per heavy atom. The van der Waals surface area contributed by atoms with Gasteiger partial charge >= 0.3 is 0 Å². The molecule has 1 fully saturated rings. The lowest BCUT2D eigenvalue weighted by atomic mass is 10.1. The van der Waals surface area contributed by atoms with Crippen LogP contribution in [0.25, 0.3) is 11.0 Å². The maximum Gasteiger partial charge on any atom is 0.251 e. The first-order chi connectivity index (χ1) is 16.7. The molecule has 4 aromatic rings. The van der Waals surface area contributed by atoms with E-state index in [-0.39, 0.29) is 37.6 Å². The van der Waals surface area contributed by atoms with E-state index in [1.165, 1.54) is 11.2 Å². The quantitative estimate of drug-likeness (QED) is 0.406. The van der Waals surface area contributed by atoms with Crippen LogP contribution in [-0.4, -0.2) is 51.0 Å². The molecule has 10 heteroatoms. The molecular formula is C24H25N5O5. The van der Waals surface area contributed by atoms with Crippen LogP contribution in [0.4, 0.5) is 0 Å². The van der Waals surface area contributed by atoms with Crippen LogP contribution >= 0.6 is 0 Å². The molecule has 0 radical (unpaired) electrons. The Kier molecular flexibility index (Phi) is 6.39. The molecule has 5 rings (SSSR count). The van der Waals surface area contributed by atoms with E-state index in [0.29, 0.717) is 23.6 Å². The van der Waals surface area contributed by atoms with E-state index in [0.717, 1.165) is 18.4 Å². The SMILES string of the molecule is O=C(NCc1ccco1)C(c1ccco1)N(CC1CCCO1)C(=O)Cn1nnc2ccccc21. The first kappa shape index (κ1) is 21.9. The summed E-state index contributed by atoms with van der Waals surface area (Å²) in [5.41, 5.74) is 1.43. The highest BCUT2D eigenvalue weighted by Crippen LogP contribution is 2.26. The van der Waals surface area contributed by atoms with E-state index in [1.54, 1.807) is 35.2 Å². The molecule has 0 aliphatic carbocycles. The Labute approximate surface area is 195 Å². The van der Waals surface area contributed by atoms with Crippen molar-refractivity contribution in [1.82, 2.24) is 25.2 Å². The number of hydrogen-bond acceptors (Lipinski definition) is 7. The van der Waals surface area contributed by atoms with Crippen LogP contribution in [0.5, 0.6) is 0 Å². The van der Waals surface area contributed by atoms with Crippen LogP contribution < -0.4 is 5.32 Å². The number of hydrogen-bond donors (Lipinski definition) is 1. The third kappa shape index (κ3) is 4.72. The minimum Gasteiger partial charge on any atom is -0.467 e. The number of para-hydroxylation sites is 1. The van der Waals surface area contributed by atoms with Gasteiger partial charge in [0, 0.05) is 13.2 Å². The zero-order chi connectivity index (χ0) is 23.3. The van der Waals surface area contributed by atoms with Crippen LogP contribution in [-0.2, 0) is 27.4 Å². The fraction of sp³-hybridized carbons (Fsp3) is 0.333. The van der Waals surface area contributed by atoms with Gasteiger partial charge in [-0.25, -0.2) is 4.68 Å². The second kappa shape index (κ2) is 9.92. The van der Waals surface area contributed by atoms with Gasteiger partial charge in [-0.1, -0.05) is 17.3 Å². The molecule has 2 unspecified atom stereocenters. The van der Waals surface area contributed by atoms with Gasteiger partial charge in [0.05, 0.1) is 30.7 Å². The zero-order valence-corrected chi connectivity index (χ0v) is 18.5. The molecule has 1 N–H and O–H groups in total. The number of ether oxygens (including phenoxy) is 1. The number of benzene rings is 1. The Bertz CT molecular complexity index is 1230. The monoisotopic (exact) mass is 463 g/mol. The van der Waals surface area contributed by atoms with Gasteiger partial charge in [0.1, 0.15) is 23.6 Å². The van der Waals surface area contributed by atoms with Crippen molar-refractivity contribution in [3.8, 4) is 0 Å². The summed E-state index contributed by atoms with van der Waals surface area (Å²) in [5, 5.41) is 11.1. The third-order valence-corrected chi connectivity index (χ3v) is 5.84. The number of carbonyl (C=O) groups is 2. The highest BCUT2D eigenvalue weighted by Gasteiger charge is 2.36. The Hall–Kier alpha value is -3.92. The summed E-state index contributed by atoms with van der Waals surface area (Å²) in [6.45, 7) is 1.01. The van der Waals surface area contributed by atoms with Crippen LogP contribution in [0.2, 0.25) is 0 Å². The average Bonchev–Trinajstić information content (AvgIpc) is 3.66.